The van der Waals surface area contributed by atoms with Gasteiger partial charge in [-0.15, -0.1) is 24.0 Å². The number of methoxy groups -OCH3 is 1. The first kappa shape index (κ1) is 23.1. The number of ether oxygens (including phenoxy) is 1. The summed E-state index contributed by atoms with van der Waals surface area (Å²) in [6.45, 7) is 9.85. The summed E-state index contributed by atoms with van der Waals surface area (Å²) in [5, 5.41) is 16.2. The van der Waals surface area contributed by atoms with Gasteiger partial charge in [0.05, 0.1) is 26.4 Å². The minimum atomic E-state index is -0.0692. The quantitative estimate of drug-likeness (QED) is 0.327. The second kappa shape index (κ2) is 10.4. The average Bonchev–Trinajstić information content (AvgIpc) is 3.07. The Morgan fingerprint density at radius 1 is 1.30 bits per heavy atom. The maximum absolute atomic E-state index is 9.85. The van der Waals surface area contributed by atoms with Gasteiger partial charge in [-0.25, -0.2) is 9.98 Å². The Kier molecular flexibility index (Phi) is 8.87. The van der Waals surface area contributed by atoms with E-state index in [1.54, 1.807) is 18.3 Å². The van der Waals surface area contributed by atoms with E-state index in [9.17, 15) is 5.11 Å². The summed E-state index contributed by atoms with van der Waals surface area (Å²) in [4.78, 5) is 8.83. The van der Waals surface area contributed by atoms with E-state index in [1.807, 2.05) is 13.0 Å². The molecular formula is C19H29IN4O3. The zero-order chi connectivity index (χ0) is 19.2. The van der Waals surface area contributed by atoms with Gasteiger partial charge in [0.25, 0.3) is 0 Å². The van der Waals surface area contributed by atoms with Crippen LogP contribution in [0.5, 0.6) is 11.5 Å². The van der Waals surface area contributed by atoms with Gasteiger partial charge in [-0.2, -0.15) is 0 Å². The maximum Gasteiger partial charge on any atom is 0.213 e. The number of rotatable bonds is 6. The predicted molar refractivity (Wildman–Crippen MR) is 117 cm³/mol. The van der Waals surface area contributed by atoms with Crippen LogP contribution in [0.4, 0.5) is 0 Å². The summed E-state index contributed by atoms with van der Waals surface area (Å²) in [6, 6.07) is 5.24. The van der Waals surface area contributed by atoms with Crippen LogP contribution in [0.25, 0.3) is 0 Å². The van der Waals surface area contributed by atoms with Crippen molar-refractivity contribution in [3.8, 4) is 11.5 Å². The normalized spacial score (nSPS) is 11.7. The topological polar surface area (TPSA) is 91.9 Å². The highest BCUT2D eigenvalue weighted by molar-refractivity contribution is 14.0. The third-order valence-electron chi connectivity index (χ3n) is 3.71. The lowest BCUT2D eigenvalue weighted by molar-refractivity contribution is 0.373. The summed E-state index contributed by atoms with van der Waals surface area (Å²) >= 11 is 0. The standard InChI is InChI=1S/C19H28N4O3.HI/c1-6-20-18(22-10-13-7-8-15(25-5)14(24)9-13)23-12-17-21-11-16(26-17)19(2,3)4;/h7-9,11,24H,6,10,12H2,1-5H3,(H2,20,22,23);1H. The molecule has 0 fully saturated rings. The average molecular weight is 488 g/mol. The van der Waals surface area contributed by atoms with Crippen molar-refractivity contribution in [2.45, 2.75) is 46.2 Å². The fourth-order valence-corrected chi connectivity index (χ4v) is 2.24. The third kappa shape index (κ3) is 6.93. The molecule has 1 aromatic heterocycles. The largest absolute Gasteiger partial charge is 0.504 e. The lowest BCUT2D eigenvalue weighted by atomic mass is 9.94. The van der Waals surface area contributed by atoms with Gasteiger partial charge in [-0.1, -0.05) is 26.8 Å². The fourth-order valence-electron chi connectivity index (χ4n) is 2.24. The van der Waals surface area contributed by atoms with E-state index in [0.29, 0.717) is 30.7 Å². The molecule has 0 amide bonds. The van der Waals surface area contributed by atoms with Crippen molar-refractivity contribution in [2.75, 3.05) is 13.7 Å². The van der Waals surface area contributed by atoms with E-state index >= 15 is 0 Å². The van der Waals surface area contributed by atoms with Crippen LogP contribution in [-0.2, 0) is 18.5 Å². The Morgan fingerprint density at radius 2 is 2.04 bits per heavy atom. The molecule has 0 radical (unpaired) electrons. The zero-order valence-corrected chi connectivity index (χ0v) is 18.8. The fraction of sp³-hybridized carbons (Fsp3) is 0.474. The number of hydrogen-bond acceptors (Lipinski definition) is 5. The third-order valence-corrected chi connectivity index (χ3v) is 3.71. The number of halogens is 1. The molecule has 0 saturated carbocycles. The van der Waals surface area contributed by atoms with Crippen molar-refractivity contribution in [1.82, 2.24) is 15.6 Å². The van der Waals surface area contributed by atoms with Crippen LogP contribution >= 0.6 is 24.0 Å². The minimum Gasteiger partial charge on any atom is -0.504 e. The van der Waals surface area contributed by atoms with Gasteiger partial charge in [-0.3, -0.25) is 0 Å². The van der Waals surface area contributed by atoms with Crippen LogP contribution < -0.4 is 15.4 Å². The molecule has 2 aromatic rings. The molecule has 150 valence electrons. The van der Waals surface area contributed by atoms with Crippen LogP contribution in [-0.4, -0.2) is 29.7 Å². The van der Waals surface area contributed by atoms with Crippen molar-refractivity contribution in [3.05, 3.63) is 41.6 Å². The molecule has 7 nitrogen and oxygen atoms in total. The van der Waals surface area contributed by atoms with E-state index in [0.717, 1.165) is 17.9 Å². The van der Waals surface area contributed by atoms with Crippen LogP contribution in [0.2, 0.25) is 0 Å². The summed E-state index contributed by atoms with van der Waals surface area (Å²) in [5.74, 6) is 2.67. The number of aromatic nitrogens is 1. The first-order valence-electron chi connectivity index (χ1n) is 8.66. The Bertz CT molecular complexity index is 754. The number of guanidine groups is 1. The van der Waals surface area contributed by atoms with Crippen LogP contribution in [0.15, 0.2) is 33.8 Å². The summed E-state index contributed by atoms with van der Waals surface area (Å²) in [6.07, 6.45) is 1.77. The number of aliphatic imine (C=N–C) groups is 1. The summed E-state index contributed by atoms with van der Waals surface area (Å²) in [7, 11) is 1.52. The number of aromatic hydroxyl groups is 1. The summed E-state index contributed by atoms with van der Waals surface area (Å²) in [5.41, 5.74) is 0.812. The first-order chi connectivity index (χ1) is 12.3. The number of phenolic OH excluding ortho intramolecular Hbond substituents is 1. The number of benzene rings is 1. The molecule has 0 spiro atoms. The Labute approximate surface area is 177 Å². The monoisotopic (exact) mass is 488 g/mol. The first-order valence-corrected chi connectivity index (χ1v) is 8.66. The molecule has 0 unspecified atom stereocenters. The Balaban J connectivity index is 0.00000364. The van der Waals surface area contributed by atoms with Gasteiger partial charge in [-0.05, 0) is 24.6 Å². The van der Waals surface area contributed by atoms with Gasteiger partial charge in [0.2, 0.25) is 5.89 Å². The molecule has 2 rings (SSSR count). The number of hydrogen-bond donors (Lipinski definition) is 3. The van der Waals surface area contributed by atoms with Crippen molar-refractivity contribution in [2.24, 2.45) is 4.99 Å². The molecule has 27 heavy (non-hydrogen) atoms. The minimum absolute atomic E-state index is 0. The number of oxazole rings is 1. The van der Waals surface area contributed by atoms with Gasteiger partial charge >= 0.3 is 0 Å². The van der Waals surface area contributed by atoms with Gasteiger partial charge in [0, 0.05) is 12.0 Å². The molecule has 0 bridgehead atoms. The van der Waals surface area contributed by atoms with Crippen molar-refractivity contribution in [3.63, 3.8) is 0 Å². The van der Waals surface area contributed by atoms with E-state index in [-0.39, 0.29) is 35.1 Å². The molecule has 0 atom stereocenters. The molecule has 0 saturated heterocycles. The Hall–Kier alpha value is -1.97. The molecule has 3 N–H and O–H groups in total. The highest BCUT2D eigenvalue weighted by Crippen LogP contribution is 2.26. The second-order valence-corrected chi connectivity index (χ2v) is 6.92. The zero-order valence-electron chi connectivity index (χ0n) is 16.5. The molecule has 0 aliphatic heterocycles. The number of nitrogens with one attached hydrogen (secondary N) is 2. The van der Waals surface area contributed by atoms with Crippen molar-refractivity contribution in [1.29, 1.82) is 0 Å². The highest BCUT2D eigenvalue weighted by Gasteiger charge is 2.19. The smallest absolute Gasteiger partial charge is 0.213 e. The Morgan fingerprint density at radius 3 is 2.59 bits per heavy atom. The highest BCUT2D eigenvalue weighted by atomic mass is 127. The van der Waals surface area contributed by atoms with Crippen molar-refractivity contribution >= 4 is 29.9 Å². The molecule has 0 aliphatic carbocycles. The van der Waals surface area contributed by atoms with E-state index in [2.05, 4.69) is 41.4 Å². The van der Waals surface area contributed by atoms with Gasteiger partial charge in [0.1, 0.15) is 5.76 Å². The van der Waals surface area contributed by atoms with Crippen LogP contribution in [0.3, 0.4) is 0 Å². The predicted octanol–water partition coefficient (Wildman–Crippen LogP) is 3.56. The molecular weight excluding hydrogens is 459 g/mol. The maximum atomic E-state index is 9.85. The van der Waals surface area contributed by atoms with E-state index in [4.69, 9.17) is 9.15 Å². The van der Waals surface area contributed by atoms with Gasteiger partial charge < -0.3 is 24.9 Å². The molecule has 8 heteroatoms. The van der Waals surface area contributed by atoms with E-state index in [1.165, 1.54) is 7.11 Å². The number of nitrogens with zero attached hydrogens (tertiary/aromatic N) is 2. The van der Waals surface area contributed by atoms with Crippen LogP contribution in [0.1, 0.15) is 44.9 Å². The lowest BCUT2D eigenvalue weighted by Gasteiger charge is -2.13. The van der Waals surface area contributed by atoms with Gasteiger partial charge in [0.15, 0.2) is 17.5 Å². The van der Waals surface area contributed by atoms with Crippen molar-refractivity contribution < 1.29 is 14.3 Å². The molecule has 1 heterocycles. The van der Waals surface area contributed by atoms with Crippen LogP contribution in [0, 0.1) is 0 Å². The SMILES string of the molecule is CCNC(=NCc1ccc(OC)c(O)c1)NCc1ncc(C(C)(C)C)o1.I. The number of phenols is 1. The summed E-state index contributed by atoms with van der Waals surface area (Å²) < 4.78 is 10.8. The molecule has 0 aliphatic rings. The molecule has 1 aromatic carbocycles. The lowest BCUT2D eigenvalue weighted by Crippen LogP contribution is -2.36. The second-order valence-electron chi connectivity index (χ2n) is 6.92. The van der Waals surface area contributed by atoms with E-state index < -0.39 is 0 Å².